The van der Waals surface area contributed by atoms with Gasteiger partial charge in [0.2, 0.25) is 0 Å². The highest BCUT2D eigenvalue weighted by Gasteiger charge is 2.14. The minimum absolute atomic E-state index is 0.276. The quantitative estimate of drug-likeness (QED) is 0.793. The maximum atomic E-state index is 12.1. The number of hydrogen-bond acceptors (Lipinski definition) is 4. The van der Waals surface area contributed by atoms with Crippen molar-refractivity contribution in [3.63, 3.8) is 0 Å². The van der Waals surface area contributed by atoms with Crippen LogP contribution >= 0.6 is 0 Å². The van der Waals surface area contributed by atoms with Crippen molar-refractivity contribution in [3.8, 4) is 6.07 Å². The Morgan fingerprint density at radius 3 is 2.79 bits per heavy atom. The van der Waals surface area contributed by atoms with Crippen LogP contribution in [0, 0.1) is 18.3 Å². The van der Waals surface area contributed by atoms with Gasteiger partial charge in [-0.15, -0.1) is 0 Å². The summed E-state index contributed by atoms with van der Waals surface area (Å²) in [5, 5.41) is 15.5. The summed E-state index contributed by atoms with van der Waals surface area (Å²) in [5.41, 5.74) is 8.33. The normalized spacial score (nSPS) is 9.95. The van der Waals surface area contributed by atoms with Gasteiger partial charge in [-0.3, -0.25) is 9.48 Å². The number of rotatable bonds is 2. The Kier molecular flexibility index (Phi) is 3.21. The second kappa shape index (κ2) is 4.82. The lowest BCUT2D eigenvalue weighted by Crippen LogP contribution is -2.14. The van der Waals surface area contributed by atoms with E-state index in [9.17, 15) is 4.79 Å². The molecule has 19 heavy (non-hydrogen) atoms. The first-order valence-electron chi connectivity index (χ1n) is 5.62. The fourth-order valence-electron chi connectivity index (χ4n) is 1.66. The van der Waals surface area contributed by atoms with Gasteiger partial charge in [0.05, 0.1) is 34.8 Å². The highest BCUT2D eigenvalue weighted by Crippen LogP contribution is 2.20. The van der Waals surface area contributed by atoms with E-state index in [1.165, 1.54) is 12.3 Å². The van der Waals surface area contributed by atoms with Gasteiger partial charge in [-0.2, -0.15) is 10.4 Å². The van der Waals surface area contributed by atoms with E-state index in [1.54, 1.807) is 23.9 Å². The van der Waals surface area contributed by atoms with Crippen LogP contribution in [0.15, 0.2) is 24.4 Å². The molecule has 0 unspecified atom stereocenters. The molecule has 1 amide bonds. The molecule has 1 aromatic carbocycles. The highest BCUT2D eigenvalue weighted by molar-refractivity contribution is 6.06. The Bertz CT molecular complexity index is 681. The molecule has 3 N–H and O–H groups in total. The molecule has 1 heterocycles. The number of nitrogen functional groups attached to an aromatic ring is 1. The van der Waals surface area contributed by atoms with Crippen LogP contribution in [0.25, 0.3) is 0 Å². The molecule has 0 radical (unpaired) electrons. The van der Waals surface area contributed by atoms with Gasteiger partial charge in [-0.1, -0.05) is 0 Å². The summed E-state index contributed by atoms with van der Waals surface area (Å²) >= 11 is 0. The van der Waals surface area contributed by atoms with Crippen molar-refractivity contribution >= 4 is 17.3 Å². The number of nitriles is 1. The zero-order chi connectivity index (χ0) is 14.0. The second-order valence-electron chi connectivity index (χ2n) is 4.14. The number of hydrogen-bond donors (Lipinski definition) is 2. The minimum Gasteiger partial charge on any atom is -0.397 e. The number of carbonyl (C=O) groups is 1. The molecular formula is C13H13N5O. The second-order valence-corrected chi connectivity index (χ2v) is 4.14. The highest BCUT2D eigenvalue weighted by atomic mass is 16.1. The number of nitrogens with zero attached hydrogens (tertiary/aromatic N) is 3. The molecule has 0 saturated carbocycles. The van der Waals surface area contributed by atoms with Crippen LogP contribution in [0.3, 0.4) is 0 Å². The summed E-state index contributed by atoms with van der Waals surface area (Å²) in [6.07, 6.45) is 1.50. The molecule has 2 aromatic rings. The number of aryl methyl sites for hydroxylation is 1. The molecule has 0 fully saturated rings. The van der Waals surface area contributed by atoms with E-state index in [2.05, 4.69) is 10.4 Å². The fourth-order valence-corrected chi connectivity index (χ4v) is 1.66. The third kappa shape index (κ3) is 2.40. The fraction of sp³-hybridized carbons (Fsp3) is 0.154. The molecule has 6 heteroatoms. The SMILES string of the molecule is Cc1c(C(=O)Nc2ccc(C#N)cc2N)cnn1C. The van der Waals surface area contributed by atoms with Crippen molar-refractivity contribution < 1.29 is 4.79 Å². The first-order chi connectivity index (χ1) is 9.02. The van der Waals surface area contributed by atoms with Crippen molar-refractivity contribution in [2.24, 2.45) is 7.05 Å². The minimum atomic E-state index is -0.276. The van der Waals surface area contributed by atoms with E-state index in [-0.39, 0.29) is 5.91 Å². The summed E-state index contributed by atoms with van der Waals surface area (Å²) in [6, 6.07) is 6.71. The van der Waals surface area contributed by atoms with Gasteiger partial charge >= 0.3 is 0 Å². The molecule has 96 valence electrons. The van der Waals surface area contributed by atoms with Gasteiger partial charge < -0.3 is 11.1 Å². The molecule has 1 aromatic heterocycles. The molecule has 0 saturated heterocycles. The molecule has 0 atom stereocenters. The number of nitrogens with one attached hydrogen (secondary N) is 1. The standard InChI is InChI=1S/C13H13N5O/c1-8-10(7-16-18(8)2)13(19)17-12-4-3-9(6-14)5-11(12)15/h3-5,7H,15H2,1-2H3,(H,17,19). The van der Waals surface area contributed by atoms with E-state index in [4.69, 9.17) is 11.0 Å². The Morgan fingerprint density at radius 2 is 2.26 bits per heavy atom. The Morgan fingerprint density at radius 1 is 1.53 bits per heavy atom. The van der Waals surface area contributed by atoms with Crippen LogP contribution in [-0.4, -0.2) is 15.7 Å². The third-order valence-corrected chi connectivity index (χ3v) is 2.91. The van der Waals surface area contributed by atoms with Gasteiger partial charge in [0.25, 0.3) is 5.91 Å². The topological polar surface area (TPSA) is 96.7 Å². The first-order valence-corrected chi connectivity index (χ1v) is 5.62. The van der Waals surface area contributed by atoms with Crippen molar-refractivity contribution in [2.75, 3.05) is 11.1 Å². The smallest absolute Gasteiger partial charge is 0.259 e. The maximum absolute atomic E-state index is 12.1. The van der Waals surface area contributed by atoms with Crippen LogP contribution in [0.4, 0.5) is 11.4 Å². The Balaban J connectivity index is 2.25. The lowest BCUT2D eigenvalue weighted by molar-refractivity contribution is 0.102. The molecule has 6 nitrogen and oxygen atoms in total. The number of benzene rings is 1. The van der Waals surface area contributed by atoms with Gasteiger partial charge in [0.15, 0.2) is 0 Å². The van der Waals surface area contributed by atoms with Crippen molar-refractivity contribution in [3.05, 3.63) is 41.2 Å². The summed E-state index contributed by atoms with van der Waals surface area (Å²) in [6.45, 7) is 1.81. The molecular weight excluding hydrogens is 242 g/mol. The molecule has 0 aliphatic rings. The van der Waals surface area contributed by atoms with E-state index in [0.29, 0.717) is 22.5 Å². The lowest BCUT2D eigenvalue weighted by Gasteiger charge is -2.08. The monoisotopic (exact) mass is 255 g/mol. The average molecular weight is 255 g/mol. The summed E-state index contributed by atoms with van der Waals surface area (Å²) in [5.74, 6) is -0.276. The van der Waals surface area contributed by atoms with Crippen molar-refractivity contribution in [2.45, 2.75) is 6.92 Å². The van der Waals surface area contributed by atoms with Crippen LogP contribution in [-0.2, 0) is 7.05 Å². The zero-order valence-electron chi connectivity index (χ0n) is 10.6. The van der Waals surface area contributed by atoms with Gasteiger partial charge in [-0.05, 0) is 25.1 Å². The third-order valence-electron chi connectivity index (χ3n) is 2.91. The lowest BCUT2D eigenvalue weighted by atomic mass is 10.1. The molecule has 2 rings (SSSR count). The molecule has 0 bridgehead atoms. The van der Waals surface area contributed by atoms with Crippen LogP contribution in [0.2, 0.25) is 0 Å². The predicted octanol–water partition coefficient (Wildman–Crippen LogP) is 1.43. The molecule has 0 spiro atoms. The maximum Gasteiger partial charge on any atom is 0.259 e. The van der Waals surface area contributed by atoms with E-state index < -0.39 is 0 Å². The van der Waals surface area contributed by atoms with Crippen molar-refractivity contribution in [1.82, 2.24) is 9.78 Å². The van der Waals surface area contributed by atoms with Gasteiger partial charge in [-0.25, -0.2) is 0 Å². The van der Waals surface area contributed by atoms with E-state index in [1.807, 2.05) is 13.0 Å². The van der Waals surface area contributed by atoms with Crippen LogP contribution in [0.5, 0.6) is 0 Å². The largest absolute Gasteiger partial charge is 0.397 e. The average Bonchev–Trinajstić information content (AvgIpc) is 2.72. The Hall–Kier alpha value is -2.81. The van der Waals surface area contributed by atoms with Gasteiger partial charge in [0.1, 0.15) is 0 Å². The predicted molar refractivity (Wildman–Crippen MR) is 71.5 cm³/mol. The van der Waals surface area contributed by atoms with Crippen LogP contribution < -0.4 is 11.1 Å². The van der Waals surface area contributed by atoms with Gasteiger partial charge in [0, 0.05) is 12.7 Å². The summed E-state index contributed by atoms with van der Waals surface area (Å²) in [4.78, 5) is 12.1. The number of carbonyl (C=O) groups excluding carboxylic acids is 1. The molecule has 0 aliphatic carbocycles. The van der Waals surface area contributed by atoms with Crippen LogP contribution in [0.1, 0.15) is 21.6 Å². The number of anilines is 2. The summed E-state index contributed by atoms with van der Waals surface area (Å²) < 4.78 is 1.62. The summed E-state index contributed by atoms with van der Waals surface area (Å²) in [7, 11) is 1.77. The number of amides is 1. The van der Waals surface area contributed by atoms with Crippen molar-refractivity contribution in [1.29, 1.82) is 5.26 Å². The van der Waals surface area contributed by atoms with E-state index >= 15 is 0 Å². The Labute approximate surface area is 110 Å². The number of aromatic nitrogens is 2. The van der Waals surface area contributed by atoms with E-state index in [0.717, 1.165) is 5.69 Å². The number of nitrogens with two attached hydrogens (primary N) is 1. The molecule has 0 aliphatic heterocycles. The first kappa shape index (κ1) is 12.6. The zero-order valence-corrected chi connectivity index (χ0v) is 10.6.